The smallest absolute Gasteiger partial charge is 0.0360 e. The summed E-state index contributed by atoms with van der Waals surface area (Å²) in [4.78, 5) is 0. The molecule has 0 radical (unpaired) electrons. The molecule has 0 aromatic carbocycles. The lowest BCUT2D eigenvalue weighted by Crippen LogP contribution is -2.29. The molecule has 13 heavy (non-hydrogen) atoms. The molecular weight excluding hydrogens is 156 g/mol. The van der Waals surface area contributed by atoms with Gasteiger partial charge < -0.3 is 0 Å². The highest BCUT2D eigenvalue weighted by atomic mass is 14.4. The predicted molar refractivity (Wildman–Crippen MR) is 59.8 cm³/mol. The standard InChI is InChI=1S/C11H20.C2H6/c1-9-5-4-7-10-6-2-3-8-11(9)10;1-2/h9-11H,2-8H2,1H3;1-2H3. The highest BCUT2D eigenvalue weighted by molar-refractivity contribution is 4.82. The van der Waals surface area contributed by atoms with E-state index in [4.69, 9.17) is 0 Å². The van der Waals surface area contributed by atoms with E-state index >= 15 is 0 Å². The van der Waals surface area contributed by atoms with E-state index in [1.807, 2.05) is 13.8 Å². The first kappa shape index (κ1) is 11.1. The van der Waals surface area contributed by atoms with Crippen LogP contribution in [0.5, 0.6) is 0 Å². The van der Waals surface area contributed by atoms with Crippen molar-refractivity contribution in [1.82, 2.24) is 0 Å². The van der Waals surface area contributed by atoms with Crippen molar-refractivity contribution in [2.45, 2.75) is 65.7 Å². The lowest BCUT2D eigenvalue weighted by Gasteiger charge is -2.39. The molecule has 0 heteroatoms. The largest absolute Gasteiger partial charge is 0.0683 e. The molecular formula is C13H26. The van der Waals surface area contributed by atoms with E-state index in [-0.39, 0.29) is 0 Å². The summed E-state index contributed by atoms with van der Waals surface area (Å²) >= 11 is 0. The fraction of sp³-hybridized carbons (Fsp3) is 1.00. The fourth-order valence-corrected chi connectivity index (χ4v) is 3.26. The van der Waals surface area contributed by atoms with Crippen LogP contribution in [0.3, 0.4) is 0 Å². The summed E-state index contributed by atoms with van der Waals surface area (Å²) in [5.41, 5.74) is 0. The average Bonchev–Trinajstić information content (AvgIpc) is 2.22. The molecule has 0 nitrogen and oxygen atoms in total. The third-order valence-corrected chi connectivity index (χ3v) is 3.93. The number of rotatable bonds is 0. The molecule has 2 saturated carbocycles. The molecule has 0 heterocycles. The molecule has 2 aliphatic carbocycles. The molecule has 78 valence electrons. The van der Waals surface area contributed by atoms with Gasteiger partial charge in [0.05, 0.1) is 0 Å². The Balaban J connectivity index is 0.000000396. The van der Waals surface area contributed by atoms with Crippen LogP contribution in [0, 0.1) is 17.8 Å². The highest BCUT2D eigenvalue weighted by Gasteiger charge is 2.31. The maximum Gasteiger partial charge on any atom is -0.0360 e. The van der Waals surface area contributed by atoms with Crippen molar-refractivity contribution >= 4 is 0 Å². The Morgan fingerprint density at radius 3 is 2.08 bits per heavy atom. The molecule has 2 fully saturated rings. The molecule has 3 atom stereocenters. The molecule has 0 amide bonds. The second-order valence-corrected chi connectivity index (χ2v) is 4.62. The van der Waals surface area contributed by atoms with Crippen molar-refractivity contribution in [3.05, 3.63) is 0 Å². The summed E-state index contributed by atoms with van der Waals surface area (Å²) in [6.07, 6.45) is 10.7. The number of hydrogen-bond acceptors (Lipinski definition) is 0. The average molecular weight is 182 g/mol. The van der Waals surface area contributed by atoms with Crippen LogP contribution in [0.25, 0.3) is 0 Å². The Bertz CT molecular complexity index is 126. The summed E-state index contributed by atoms with van der Waals surface area (Å²) in [6.45, 7) is 6.47. The normalized spacial score (nSPS) is 38.5. The third-order valence-electron chi connectivity index (χ3n) is 3.93. The Labute approximate surface area is 84.1 Å². The van der Waals surface area contributed by atoms with Gasteiger partial charge in [-0.15, -0.1) is 0 Å². The molecule has 0 aliphatic heterocycles. The lowest BCUT2D eigenvalue weighted by atomic mass is 9.66. The van der Waals surface area contributed by atoms with E-state index < -0.39 is 0 Å². The maximum absolute atomic E-state index is 2.47. The van der Waals surface area contributed by atoms with Gasteiger partial charge in [-0.3, -0.25) is 0 Å². The zero-order valence-corrected chi connectivity index (χ0v) is 9.68. The zero-order chi connectivity index (χ0) is 9.68. The minimum Gasteiger partial charge on any atom is -0.0683 e. The molecule has 2 rings (SSSR count). The first-order valence-electron chi connectivity index (χ1n) is 6.38. The molecule has 0 bridgehead atoms. The van der Waals surface area contributed by atoms with E-state index in [0.29, 0.717) is 0 Å². The van der Waals surface area contributed by atoms with Crippen molar-refractivity contribution in [3.63, 3.8) is 0 Å². The summed E-state index contributed by atoms with van der Waals surface area (Å²) in [7, 11) is 0. The van der Waals surface area contributed by atoms with Crippen molar-refractivity contribution in [3.8, 4) is 0 Å². The van der Waals surface area contributed by atoms with Crippen LogP contribution in [0.1, 0.15) is 65.7 Å². The number of hydrogen-bond donors (Lipinski definition) is 0. The highest BCUT2D eigenvalue weighted by Crippen LogP contribution is 2.43. The second kappa shape index (κ2) is 5.67. The van der Waals surface area contributed by atoms with Crippen LogP contribution in [0.2, 0.25) is 0 Å². The summed E-state index contributed by atoms with van der Waals surface area (Å²) < 4.78 is 0. The van der Waals surface area contributed by atoms with E-state index in [9.17, 15) is 0 Å². The van der Waals surface area contributed by atoms with Crippen LogP contribution in [0.4, 0.5) is 0 Å². The minimum atomic E-state index is 1.05. The molecule has 0 aromatic rings. The number of fused-ring (bicyclic) bond motifs is 1. The van der Waals surface area contributed by atoms with Gasteiger partial charge in [-0.25, -0.2) is 0 Å². The van der Waals surface area contributed by atoms with Gasteiger partial charge in [0.1, 0.15) is 0 Å². The summed E-state index contributed by atoms with van der Waals surface area (Å²) in [5.74, 6) is 3.30. The Morgan fingerprint density at radius 1 is 0.769 bits per heavy atom. The zero-order valence-electron chi connectivity index (χ0n) is 9.68. The molecule has 0 spiro atoms. The summed E-state index contributed by atoms with van der Waals surface area (Å²) in [5, 5.41) is 0. The maximum atomic E-state index is 2.47. The lowest BCUT2D eigenvalue weighted by molar-refractivity contribution is 0.114. The van der Waals surface area contributed by atoms with Crippen LogP contribution in [-0.4, -0.2) is 0 Å². The van der Waals surface area contributed by atoms with Gasteiger partial charge in [0.15, 0.2) is 0 Å². The second-order valence-electron chi connectivity index (χ2n) is 4.62. The van der Waals surface area contributed by atoms with Crippen molar-refractivity contribution < 1.29 is 0 Å². The van der Waals surface area contributed by atoms with Crippen LogP contribution < -0.4 is 0 Å². The Morgan fingerprint density at radius 2 is 1.38 bits per heavy atom. The molecule has 3 unspecified atom stereocenters. The van der Waals surface area contributed by atoms with Gasteiger partial charge in [-0.1, -0.05) is 59.3 Å². The quantitative estimate of drug-likeness (QED) is 0.512. The van der Waals surface area contributed by atoms with E-state index in [2.05, 4.69) is 6.92 Å². The van der Waals surface area contributed by atoms with Gasteiger partial charge in [0.2, 0.25) is 0 Å². The predicted octanol–water partition coefficient (Wildman–Crippen LogP) is 4.64. The fourth-order valence-electron chi connectivity index (χ4n) is 3.26. The Hall–Kier alpha value is 0. The van der Waals surface area contributed by atoms with Gasteiger partial charge in [0, 0.05) is 0 Å². The van der Waals surface area contributed by atoms with Crippen LogP contribution in [-0.2, 0) is 0 Å². The topological polar surface area (TPSA) is 0 Å². The molecule has 0 saturated heterocycles. The molecule has 0 N–H and O–H groups in total. The molecule has 0 aromatic heterocycles. The van der Waals surface area contributed by atoms with Crippen molar-refractivity contribution in [2.24, 2.45) is 17.8 Å². The minimum absolute atomic E-state index is 1.05. The summed E-state index contributed by atoms with van der Waals surface area (Å²) in [6, 6.07) is 0. The van der Waals surface area contributed by atoms with E-state index in [0.717, 1.165) is 17.8 Å². The first-order chi connectivity index (χ1) is 6.38. The van der Waals surface area contributed by atoms with Gasteiger partial charge >= 0.3 is 0 Å². The van der Waals surface area contributed by atoms with Gasteiger partial charge in [-0.05, 0) is 24.2 Å². The van der Waals surface area contributed by atoms with Crippen LogP contribution in [0.15, 0.2) is 0 Å². The third kappa shape index (κ3) is 2.72. The van der Waals surface area contributed by atoms with Crippen molar-refractivity contribution in [2.75, 3.05) is 0 Å². The molecule has 2 aliphatic rings. The van der Waals surface area contributed by atoms with Gasteiger partial charge in [-0.2, -0.15) is 0 Å². The first-order valence-corrected chi connectivity index (χ1v) is 6.38. The Kier molecular flexibility index (Phi) is 4.83. The monoisotopic (exact) mass is 182 g/mol. The van der Waals surface area contributed by atoms with Crippen molar-refractivity contribution in [1.29, 1.82) is 0 Å². The van der Waals surface area contributed by atoms with Gasteiger partial charge in [0.25, 0.3) is 0 Å². The SMILES string of the molecule is CC.CC1CCCC2CCCCC12. The van der Waals surface area contributed by atoms with E-state index in [1.165, 1.54) is 25.7 Å². The van der Waals surface area contributed by atoms with E-state index in [1.54, 1.807) is 19.3 Å². The van der Waals surface area contributed by atoms with Crippen LogP contribution >= 0.6 is 0 Å².